The summed E-state index contributed by atoms with van der Waals surface area (Å²) in [4.78, 5) is 29.9. The minimum absolute atomic E-state index is 0.0198. The fourth-order valence-electron chi connectivity index (χ4n) is 2.39. The second kappa shape index (κ2) is 7.53. The maximum Gasteiger partial charge on any atom is 0.412 e. The number of likely N-dealkylation sites (tertiary alicyclic amines) is 1. The topological polar surface area (TPSA) is 101 Å². The zero-order valence-corrected chi connectivity index (χ0v) is 18.0. The van der Waals surface area contributed by atoms with Crippen molar-refractivity contribution in [2.45, 2.75) is 58.7 Å². The van der Waals surface area contributed by atoms with Gasteiger partial charge in [-0.15, -0.1) is 0 Å². The number of halogens is 1. The van der Waals surface area contributed by atoms with Crippen LogP contribution in [0.1, 0.15) is 53.2 Å². The Kier molecular flexibility index (Phi) is 5.94. The predicted molar refractivity (Wildman–Crippen MR) is 104 cm³/mol. The Balaban J connectivity index is 2.06. The van der Waals surface area contributed by atoms with Gasteiger partial charge in [0.2, 0.25) is 0 Å². The maximum absolute atomic E-state index is 12.0. The molecule has 2 amide bonds. The quantitative estimate of drug-likeness (QED) is 0.663. The van der Waals surface area contributed by atoms with Gasteiger partial charge < -0.3 is 19.5 Å². The van der Waals surface area contributed by atoms with Gasteiger partial charge in [-0.1, -0.05) is 0 Å². The van der Waals surface area contributed by atoms with Gasteiger partial charge in [0, 0.05) is 19.0 Å². The molecule has 0 aromatic carbocycles. The number of carbonyl (C=O) groups is 2. The van der Waals surface area contributed by atoms with Crippen LogP contribution in [0.5, 0.6) is 5.75 Å². The number of nitrogens with zero attached hydrogens (tertiary/aromatic N) is 2. The summed E-state index contributed by atoms with van der Waals surface area (Å²) in [7, 11) is 0. The Bertz CT molecular complexity index is 734. The van der Waals surface area contributed by atoms with E-state index in [1.165, 1.54) is 0 Å². The number of aromatic nitrogens is 1. The number of hydrogen-bond donors (Lipinski definition) is 2. The molecule has 2 N–H and O–H groups in total. The third kappa shape index (κ3) is 5.98. The van der Waals surface area contributed by atoms with E-state index in [2.05, 4.69) is 26.2 Å². The van der Waals surface area contributed by atoms with Crippen LogP contribution in [-0.4, -0.2) is 51.5 Å². The Hall–Kier alpha value is -2.03. The third-order valence-electron chi connectivity index (χ3n) is 3.56. The first-order valence-corrected chi connectivity index (χ1v) is 9.42. The number of aromatic hydroxyl groups is 1. The second-order valence-electron chi connectivity index (χ2n) is 8.44. The zero-order chi connectivity index (χ0) is 20.6. The summed E-state index contributed by atoms with van der Waals surface area (Å²) in [6.45, 7) is 11.6. The van der Waals surface area contributed by atoms with Gasteiger partial charge in [0.25, 0.3) is 0 Å². The average Bonchev–Trinajstić information content (AvgIpc) is 2.38. The number of nitrogens with one attached hydrogen (secondary N) is 1. The summed E-state index contributed by atoms with van der Waals surface area (Å²) in [6, 6.07) is 1.58. The molecule has 8 nitrogen and oxygen atoms in total. The van der Waals surface area contributed by atoms with Crippen LogP contribution >= 0.6 is 15.9 Å². The first-order valence-electron chi connectivity index (χ1n) is 8.62. The summed E-state index contributed by atoms with van der Waals surface area (Å²) in [5, 5.41) is 12.7. The number of carbonyl (C=O) groups excluding carboxylic acids is 2. The molecule has 1 aliphatic heterocycles. The summed E-state index contributed by atoms with van der Waals surface area (Å²) in [5.74, 6) is -0.207. The van der Waals surface area contributed by atoms with Crippen molar-refractivity contribution in [1.29, 1.82) is 0 Å². The summed E-state index contributed by atoms with van der Waals surface area (Å²) >= 11 is 3.20. The van der Waals surface area contributed by atoms with Gasteiger partial charge in [0.05, 0.1) is 11.4 Å². The van der Waals surface area contributed by atoms with Crippen LogP contribution in [0.15, 0.2) is 10.7 Å². The Morgan fingerprint density at radius 1 is 1.19 bits per heavy atom. The molecule has 0 saturated carbocycles. The molecule has 27 heavy (non-hydrogen) atoms. The Morgan fingerprint density at radius 3 is 2.26 bits per heavy atom. The van der Waals surface area contributed by atoms with Crippen LogP contribution in [0.3, 0.4) is 0 Å². The molecule has 1 aliphatic rings. The summed E-state index contributed by atoms with van der Waals surface area (Å²) in [5.41, 5.74) is -0.372. The predicted octanol–water partition coefficient (Wildman–Crippen LogP) is 4.23. The van der Waals surface area contributed by atoms with Crippen molar-refractivity contribution in [3.05, 3.63) is 16.4 Å². The van der Waals surface area contributed by atoms with E-state index in [0.29, 0.717) is 18.8 Å². The van der Waals surface area contributed by atoms with E-state index in [4.69, 9.17) is 9.47 Å². The van der Waals surface area contributed by atoms with Crippen molar-refractivity contribution in [3.8, 4) is 5.75 Å². The molecule has 0 radical (unpaired) electrons. The lowest BCUT2D eigenvalue weighted by Gasteiger charge is -2.39. The highest BCUT2D eigenvalue weighted by molar-refractivity contribution is 9.10. The smallest absolute Gasteiger partial charge is 0.412 e. The van der Waals surface area contributed by atoms with Crippen LogP contribution in [0, 0.1) is 0 Å². The van der Waals surface area contributed by atoms with Gasteiger partial charge >= 0.3 is 12.2 Å². The van der Waals surface area contributed by atoms with Crippen molar-refractivity contribution in [1.82, 2.24) is 9.88 Å². The number of hydrogen-bond acceptors (Lipinski definition) is 6. The molecule has 1 fully saturated rings. The van der Waals surface area contributed by atoms with E-state index in [0.717, 1.165) is 0 Å². The molecule has 0 unspecified atom stereocenters. The van der Waals surface area contributed by atoms with E-state index < -0.39 is 17.3 Å². The SMILES string of the molecule is CC(C)(C)OC(=O)Nc1cc(C2CN(C(=O)OC(C)(C)C)C2)nc(Br)c1O. The van der Waals surface area contributed by atoms with Crippen molar-refractivity contribution >= 4 is 33.8 Å². The molecule has 9 heteroatoms. The zero-order valence-electron chi connectivity index (χ0n) is 16.4. The van der Waals surface area contributed by atoms with Crippen molar-refractivity contribution < 1.29 is 24.2 Å². The highest BCUT2D eigenvalue weighted by Crippen LogP contribution is 2.36. The fraction of sp³-hybridized carbons (Fsp3) is 0.611. The lowest BCUT2D eigenvalue weighted by atomic mass is 9.96. The number of anilines is 1. The van der Waals surface area contributed by atoms with Gasteiger partial charge in [-0.2, -0.15) is 0 Å². The number of pyridine rings is 1. The molecule has 2 heterocycles. The number of ether oxygens (including phenoxy) is 2. The molecular weight excluding hydrogens is 418 g/mol. The van der Waals surface area contributed by atoms with Crippen molar-refractivity contribution in [2.24, 2.45) is 0 Å². The van der Waals surface area contributed by atoms with Gasteiger partial charge in [-0.3, -0.25) is 5.32 Å². The standard InChI is InChI=1S/C18H26BrN3O5/c1-17(2,3)26-15(24)21-12-7-11(20-14(19)13(12)23)10-8-22(9-10)16(25)27-18(4,5)6/h7,10,23H,8-9H2,1-6H3,(H,20,21,24). The Morgan fingerprint density at radius 2 is 1.74 bits per heavy atom. The monoisotopic (exact) mass is 443 g/mol. The highest BCUT2D eigenvalue weighted by atomic mass is 79.9. The third-order valence-corrected chi connectivity index (χ3v) is 4.11. The molecule has 0 atom stereocenters. The fourth-order valence-corrected chi connectivity index (χ4v) is 2.80. The minimum atomic E-state index is -0.675. The molecule has 1 aromatic heterocycles. The van der Waals surface area contributed by atoms with Gasteiger partial charge in [-0.25, -0.2) is 14.6 Å². The van der Waals surface area contributed by atoms with Gasteiger partial charge in [-0.05, 0) is 63.5 Å². The van der Waals surface area contributed by atoms with E-state index >= 15 is 0 Å². The molecule has 1 saturated heterocycles. The molecule has 1 aromatic rings. The van der Waals surface area contributed by atoms with E-state index in [9.17, 15) is 14.7 Å². The van der Waals surface area contributed by atoms with Crippen LogP contribution in [-0.2, 0) is 9.47 Å². The van der Waals surface area contributed by atoms with Crippen molar-refractivity contribution in [2.75, 3.05) is 18.4 Å². The first kappa shape index (κ1) is 21.3. The number of rotatable bonds is 2. The van der Waals surface area contributed by atoms with Gasteiger partial charge in [0.15, 0.2) is 5.75 Å². The molecule has 0 bridgehead atoms. The van der Waals surface area contributed by atoms with E-state index in [-0.39, 0.29) is 28.1 Å². The Labute approximate surface area is 167 Å². The molecular formula is C18H26BrN3O5. The highest BCUT2D eigenvalue weighted by Gasteiger charge is 2.36. The maximum atomic E-state index is 12.0. The lowest BCUT2D eigenvalue weighted by Crippen LogP contribution is -2.50. The lowest BCUT2D eigenvalue weighted by molar-refractivity contribution is 0.00785. The van der Waals surface area contributed by atoms with Gasteiger partial charge in [0.1, 0.15) is 15.8 Å². The molecule has 0 aliphatic carbocycles. The second-order valence-corrected chi connectivity index (χ2v) is 9.19. The van der Waals surface area contributed by atoms with E-state index in [1.807, 2.05) is 20.8 Å². The van der Waals surface area contributed by atoms with Crippen LogP contribution in [0.2, 0.25) is 0 Å². The first-order chi connectivity index (χ1) is 12.2. The summed E-state index contributed by atoms with van der Waals surface area (Å²) < 4.78 is 10.8. The largest absolute Gasteiger partial charge is 0.504 e. The molecule has 150 valence electrons. The van der Waals surface area contributed by atoms with Crippen LogP contribution in [0.25, 0.3) is 0 Å². The van der Waals surface area contributed by atoms with Crippen LogP contribution in [0.4, 0.5) is 15.3 Å². The molecule has 2 rings (SSSR count). The van der Waals surface area contributed by atoms with Crippen molar-refractivity contribution in [3.63, 3.8) is 0 Å². The normalized spacial score (nSPS) is 15.1. The minimum Gasteiger partial charge on any atom is -0.504 e. The summed E-state index contributed by atoms with van der Waals surface area (Å²) in [6.07, 6.45) is -1.05. The molecule has 0 spiro atoms. The van der Waals surface area contributed by atoms with Crippen LogP contribution < -0.4 is 5.32 Å². The van der Waals surface area contributed by atoms with E-state index in [1.54, 1.807) is 31.7 Å². The average molecular weight is 444 g/mol. The number of amides is 2.